The van der Waals surface area contributed by atoms with Crippen LogP contribution in [0.15, 0.2) is 34.4 Å². The Morgan fingerprint density at radius 2 is 1.93 bits per heavy atom. The number of halogens is 1. The SMILES string of the molecule is CCCS(=O)(=O)N1CCC(NC(=NC)NCCNS(=O)(=O)c2cccnc2)CC1.I. The standard InChI is InChI=1S/C17H30N6O4S2.HI/c1-3-13-28(24,25)23-11-6-15(7-12-23)22-17(18-2)20-9-10-21-29(26,27)16-5-4-8-19-14-16;/h4-5,8,14-15,21H,3,6-7,9-13H2,1-2H3,(H2,18,20,22);1H. The van der Waals surface area contributed by atoms with Gasteiger partial charge in [0, 0.05) is 51.7 Å². The lowest BCUT2D eigenvalue weighted by Gasteiger charge is -2.32. The zero-order valence-corrected chi connectivity index (χ0v) is 21.2. The van der Waals surface area contributed by atoms with Crippen LogP contribution in [-0.2, 0) is 20.0 Å². The predicted octanol–water partition coefficient (Wildman–Crippen LogP) is 0.347. The van der Waals surface area contributed by atoms with Crippen molar-refractivity contribution in [2.24, 2.45) is 4.99 Å². The Bertz CT molecular complexity index is 873. The molecule has 1 aromatic heterocycles. The lowest BCUT2D eigenvalue weighted by atomic mass is 10.1. The van der Waals surface area contributed by atoms with Gasteiger partial charge in [0.25, 0.3) is 0 Å². The Morgan fingerprint density at radius 1 is 1.23 bits per heavy atom. The molecule has 0 bridgehead atoms. The summed E-state index contributed by atoms with van der Waals surface area (Å²) in [5, 5.41) is 6.34. The number of piperidine rings is 1. The number of aliphatic imine (C=N–C) groups is 1. The highest BCUT2D eigenvalue weighted by atomic mass is 127. The molecule has 1 aliphatic heterocycles. The summed E-state index contributed by atoms with van der Waals surface area (Å²) in [5.41, 5.74) is 0. The van der Waals surface area contributed by atoms with Crippen LogP contribution in [0.5, 0.6) is 0 Å². The molecule has 172 valence electrons. The number of hydrogen-bond donors (Lipinski definition) is 3. The first-order chi connectivity index (χ1) is 13.8. The molecule has 30 heavy (non-hydrogen) atoms. The molecule has 0 unspecified atom stereocenters. The van der Waals surface area contributed by atoms with Crippen LogP contribution in [0.2, 0.25) is 0 Å². The molecule has 13 heteroatoms. The molecule has 2 rings (SSSR count). The van der Waals surface area contributed by atoms with E-state index in [0.717, 1.165) is 0 Å². The second kappa shape index (κ2) is 12.7. The minimum atomic E-state index is -3.59. The summed E-state index contributed by atoms with van der Waals surface area (Å²) in [6, 6.07) is 3.16. The molecular formula is C17H31IN6O4S2. The van der Waals surface area contributed by atoms with Gasteiger partial charge in [0.1, 0.15) is 4.90 Å². The normalized spacial score (nSPS) is 16.7. The lowest BCUT2D eigenvalue weighted by Crippen LogP contribution is -2.50. The fourth-order valence-corrected chi connectivity index (χ4v) is 5.55. The zero-order chi connectivity index (χ0) is 21.3. The third-order valence-corrected chi connectivity index (χ3v) is 8.05. The Labute approximate surface area is 196 Å². The molecule has 0 radical (unpaired) electrons. The second-order valence-corrected chi connectivity index (χ2v) is 10.6. The average molecular weight is 575 g/mol. The smallest absolute Gasteiger partial charge is 0.242 e. The van der Waals surface area contributed by atoms with Gasteiger partial charge in [-0.2, -0.15) is 0 Å². The monoisotopic (exact) mass is 574 g/mol. The quantitative estimate of drug-likeness (QED) is 0.168. The first-order valence-electron chi connectivity index (χ1n) is 9.63. The van der Waals surface area contributed by atoms with Crippen molar-refractivity contribution in [2.75, 3.05) is 39.0 Å². The van der Waals surface area contributed by atoms with E-state index >= 15 is 0 Å². The molecule has 2 heterocycles. The first kappa shape index (κ1) is 27.0. The van der Waals surface area contributed by atoms with E-state index in [0.29, 0.717) is 44.9 Å². The minimum Gasteiger partial charge on any atom is -0.355 e. The Hall–Kier alpha value is -1.03. The van der Waals surface area contributed by atoms with Crippen molar-refractivity contribution >= 4 is 50.0 Å². The predicted molar refractivity (Wildman–Crippen MR) is 128 cm³/mol. The van der Waals surface area contributed by atoms with E-state index in [1.807, 2.05) is 6.92 Å². The highest BCUT2D eigenvalue weighted by molar-refractivity contribution is 14.0. The Kier molecular flexibility index (Phi) is 11.5. The van der Waals surface area contributed by atoms with Gasteiger partial charge < -0.3 is 10.6 Å². The fourth-order valence-electron chi connectivity index (χ4n) is 3.01. The molecule has 0 amide bonds. The van der Waals surface area contributed by atoms with Crippen molar-refractivity contribution in [3.63, 3.8) is 0 Å². The topological polar surface area (TPSA) is 133 Å². The van der Waals surface area contributed by atoms with Gasteiger partial charge in [0.15, 0.2) is 5.96 Å². The maximum absolute atomic E-state index is 12.1. The number of sulfonamides is 2. The van der Waals surface area contributed by atoms with Gasteiger partial charge in [-0.1, -0.05) is 6.92 Å². The highest BCUT2D eigenvalue weighted by Crippen LogP contribution is 2.15. The molecule has 0 aliphatic carbocycles. The van der Waals surface area contributed by atoms with E-state index in [4.69, 9.17) is 0 Å². The summed E-state index contributed by atoms with van der Waals surface area (Å²) in [5.74, 6) is 0.740. The summed E-state index contributed by atoms with van der Waals surface area (Å²) in [4.78, 5) is 8.08. The summed E-state index contributed by atoms with van der Waals surface area (Å²) in [7, 11) is -5.11. The number of rotatable bonds is 9. The molecule has 10 nitrogen and oxygen atoms in total. The zero-order valence-electron chi connectivity index (χ0n) is 17.2. The van der Waals surface area contributed by atoms with Gasteiger partial charge in [0.05, 0.1) is 5.75 Å². The van der Waals surface area contributed by atoms with E-state index < -0.39 is 20.0 Å². The van der Waals surface area contributed by atoms with Crippen molar-refractivity contribution in [2.45, 2.75) is 37.1 Å². The van der Waals surface area contributed by atoms with Crippen molar-refractivity contribution in [1.29, 1.82) is 0 Å². The van der Waals surface area contributed by atoms with E-state index in [2.05, 4.69) is 25.3 Å². The van der Waals surface area contributed by atoms with E-state index in [1.54, 1.807) is 17.4 Å². The van der Waals surface area contributed by atoms with Crippen molar-refractivity contribution in [1.82, 2.24) is 24.6 Å². The molecule has 0 spiro atoms. The van der Waals surface area contributed by atoms with Crippen LogP contribution >= 0.6 is 24.0 Å². The summed E-state index contributed by atoms with van der Waals surface area (Å²) < 4.78 is 52.6. The van der Waals surface area contributed by atoms with Gasteiger partial charge in [-0.3, -0.25) is 9.98 Å². The second-order valence-electron chi connectivity index (χ2n) is 6.72. The molecule has 0 aromatic carbocycles. The van der Waals surface area contributed by atoms with Crippen molar-refractivity contribution < 1.29 is 16.8 Å². The molecule has 1 fully saturated rings. The van der Waals surface area contributed by atoms with Gasteiger partial charge in [-0.15, -0.1) is 24.0 Å². The molecule has 1 aliphatic rings. The van der Waals surface area contributed by atoms with Gasteiger partial charge in [-0.25, -0.2) is 25.9 Å². The van der Waals surface area contributed by atoms with Crippen molar-refractivity contribution in [3.05, 3.63) is 24.5 Å². The first-order valence-corrected chi connectivity index (χ1v) is 12.7. The maximum atomic E-state index is 12.1. The molecule has 1 aromatic rings. The van der Waals surface area contributed by atoms with Crippen LogP contribution in [0.1, 0.15) is 26.2 Å². The molecular weight excluding hydrogens is 543 g/mol. The van der Waals surface area contributed by atoms with Gasteiger partial charge >= 0.3 is 0 Å². The van der Waals surface area contributed by atoms with E-state index in [1.165, 1.54) is 18.5 Å². The summed E-state index contributed by atoms with van der Waals surface area (Å²) >= 11 is 0. The molecule has 1 saturated heterocycles. The maximum Gasteiger partial charge on any atom is 0.242 e. The minimum absolute atomic E-state index is 0. The average Bonchev–Trinajstić information content (AvgIpc) is 2.71. The van der Waals surface area contributed by atoms with Crippen LogP contribution < -0.4 is 15.4 Å². The van der Waals surface area contributed by atoms with Gasteiger partial charge in [-0.05, 0) is 31.4 Å². The molecule has 0 atom stereocenters. The highest BCUT2D eigenvalue weighted by Gasteiger charge is 2.27. The molecule has 3 N–H and O–H groups in total. The Morgan fingerprint density at radius 3 is 2.50 bits per heavy atom. The number of hydrogen-bond acceptors (Lipinski definition) is 6. The van der Waals surface area contributed by atoms with Crippen molar-refractivity contribution in [3.8, 4) is 0 Å². The summed E-state index contributed by atoms with van der Waals surface area (Å²) in [6.07, 6.45) is 4.80. The number of aromatic nitrogens is 1. The largest absolute Gasteiger partial charge is 0.355 e. The van der Waals surface area contributed by atoms with E-state index in [9.17, 15) is 16.8 Å². The van der Waals surface area contributed by atoms with Crippen LogP contribution in [0, 0.1) is 0 Å². The fraction of sp³-hybridized carbons (Fsp3) is 0.647. The number of guanidine groups is 1. The number of pyridine rings is 1. The van der Waals surface area contributed by atoms with Crippen LogP contribution in [0.3, 0.4) is 0 Å². The summed E-state index contributed by atoms with van der Waals surface area (Å²) in [6.45, 7) is 3.37. The molecule has 0 saturated carbocycles. The van der Waals surface area contributed by atoms with Crippen LogP contribution in [0.25, 0.3) is 0 Å². The lowest BCUT2D eigenvalue weighted by molar-refractivity contribution is 0.306. The number of nitrogens with zero attached hydrogens (tertiary/aromatic N) is 3. The van der Waals surface area contributed by atoms with E-state index in [-0.39, 0.29) is 47.2 Å². The van der Waals surface area contributed by atoms with Gasteiger partial charge in [0.2, 0.25) is 20.0 Å². The third-order valence-electron chi connectivity index (χ3n) is 4.53. The number of nitrogens with one attached hydrogen (secondary N) is 3. The van der Waals surface area contributed by atoms with Crippen LogP contribution in [-0.4, -0.2) is 77.1 Å². The third kappa shape index (κ3) is 8.24. The Balaban J connectivity index is 0.00000450. The van der Waals surface area contributed by atoms with Crippen LogP contribution in [0.4, 0.5) is 0 Å².